The molecule has 1 atom stereocenters. The molecular weight excluding hydrogens is 322 g/mol. The average molecular weight is 343 g/mol. The number of benzene rings is 2. The Balaban J connectivity index is 1.32. The highest BCUT2D eigenvalue weighted by molar-refractivity contribution is 7.98. The Morgan fingerprint density at radius 3 is 2.67 bits per heavy atom. The molecule has 0 unspecified atom stereocenters. The number of nitrogens with one attached hydrogen (secondary N) is 1. The monoisotopic (exact) mass is 343 g/mol. The van der Waals surface area contributed by atoms with Gasteiger partial charge in [-0.05, 0) is 17.7 Å². The third-order valence-electron chi connectivity index (χ3n) is 3.68. The fourth-order valence-electron chi connectivity index (χ4n) is 2.41. The van der Waals surface area contributed by atoms with Crippen LogP contribution in [0.1, 0.15) is 12.0 Å². The van der Waals surface area contributed by atoms with Gasteiger partial charge in [0.1, 0.15) is 12.7 Å². The zero-order chi connectivity index (χ0) is 16.6. The molecule has 0 radical (unpaired) electrons. The first-order valence-electron chi connectivity index (χ1n) is 8.08. The van der Waals surface area contributed by atoms with Gasteiger partial charge in [0.05, 0.1) is 6.54 Å². The molecule has 0 spiro atoms. The molecule has 24 heavy (non-hydrogen) atoms. The summed E-state index contributed by atoms with van der Waals surface area (Å²) in [6, 6.07) is 17.9. The maximum Gasteiger partial charge on any atom is 0.220 e. The Morgan fingerprint density at radius 2 is 1.83 bits per heavy atom. The van der Waals surface area contributed by atoms with Crippen molar-refractivity contribution in [2.45, 2.75) is 18.3 Å². The van der Waals surface area contributed by atoms with Crippen LogP contribution in [0.25, 0.3) is 0 Å². The molecule has 0 bridgehead atoms. The lowest BCUT2D eigenvalue weighted by molar-refractivity contribution is -0.121. The van der Waals surface area contributed by atoms with Crippen molar-refractivity contribution in [1.82, 2.24) is 5.32 Å². The molecule has 0 saturated carbocycles. The minimum absolute atomic E-state index is 0.0537. The summed E-state index contributed by atoms with van der Waals surface area (Å²) >= 11 is 1.77. The van der Waals surface area contributed by atoms with Gasteiger partial charge in [0.2, 0.25) is 5.91 Å². The number of para-hydroxylation sites is 2. The summed E-state index contributed by atoms with van der Waals surface area (Å²) in [4.78, 5) is 11.9. The molecule has 4 nitrogen and oxygen atoms in total. The van der Waals surface area contributed by atoms with Crippen LogP contribution in [0.15, 0.2) is 54.6 Å². The van der Waals surface area contributed by atoms with Gasteiger partial charge in [-0.2, -0.15) is 11.8 Å². The lowest BCUT2D eigenvalue weighted by Crippen LogP contribution is -2.40. The van der Waals surface area contributed by atoms with Crippen LogP contribution in [0.2, 0.25) is 0 Å². The van der Waals surface area contributed by atoms with Crippen molar-refractivity contribution in [3.8, 4) is 11.5 Å². The van der Waals surface area contributed by atoms with Gasteiger partial charge in [0.25, 0.3) is 0 Å². The predicted octanol–water partition coefficient (Wildman–Crippen LogP) is 3.27. The van der Waals surface area contributed by atoms with E-state index >= 15 is 0 Å². The highest BCUT2D eigenvalue weighted by Gasteiger charge is 2.20. The van der Waals surface area contributed by atoms with Gasteiger partial charge < -0.3 is 14.8 Å². The minimum Gasteiger partial charge on any atom is -0.486 e. The topological polar surface area (TPSA) is 47.6 Å². The molecule has 2 aromatic rings. The summed E-state index contributed by atoms with van der Waals surface area (Å²) in [5.41, 5.74) is 1.29. The molecule has 3 rings (SSSR count). The first kappa shape index (κ1) is 16.7. The Morgan fingerprint density at radius 1 is 1.08 bits per heavy atom. The van der Waals surface area contributed by atoms with E-state index in [1.165, 1.54) is 5.56 Å². The van der Waals surface area contributed by atoms with Crippen LogP contribution in [-0.4, -0.2) is 30.9 Å². The van der Waals surface area contributed by atoms with Crippen molar-refractivity contribution >= 4 is 17.7 Å². The summed E-state index contributed by atoms with van der Waals surface area (Å²) in [6.45, 7) is 0.927. The van der Waals surface area contributed by atoms with Crippen molar-refractivity contribution in [3.63, 3.8) is 0 Å². The molecule has 0 aliphatic carbocycles. The van der Waals surface area contributed by atoms with Crippen LogP contribution in [0.5, 0.6) is 11.5 Å². The highest BCUT2D eigenvalue weighted by atomic mass is 32.2. The standard InChI is InChI=1S/C19H21NO3S/c21-19(10-11-24-14-15-6-2-1-3-7-15)20-12-16-13-22-17-8-4-5-9-18(17)23-16/h1-9,16H,10-14H2,(H,20,21)/t16-/m1/s1. The molecular formula is C19H21NO3S. The average Bonchev–Trinajstić information content (AvgIpc) is 2.64. The predicted molar refractivity (Wildman–Crippen MR) is 96.6 cm³/mol. The van der Waals surface area contributed by atoms with Crippen LogP contribution in [0.4, 0.5) is 0 Å². The molecule has 1 N–H and O–H groups in total. The first-order chi connectivity index (χ1) is 11.8. The molecule has 1 aliphatic heterocycles. The van der Waals surface area contributed by atoms with Crippen LogP contribution in [0.3, 0.4) is 0 Å². The Hall–Kier alpha value is -2.14. The molecule has 0 saturated heterocycles. The summed E-state index contributed by atoms with van der Waals surface area (Å²) in [5, 5.41) is 2.92. The van der Waals surface area contributed by atoms with Crippen LogP contribution < -0.4 is 14.8 Å². The Kier molecular flexibility index (Phi) is 6.01. The van der Waals surface area contributed by atoms with Gasteiger partial charge in [0.15, 0.2) is 11.5 Å². The van der Waals surface area contributed by atoms with Crippen molar-refractivity contribution in [2.75, 3.05) is 18.9 Å². The van der Waals surface area contributed by atoms with E-state index in [0.717, 1.165) is 23.0 Å². The van der Waals surface area contributed by atoms with E-state index in [-0.39, 0.29) is 12.0 Å². The fourth-order valence-corrected chi connectivity index (χ4v) is 3.31. The second kappa shape index (κ2) is 8.64. The summed E-state index contributed by atoms with van der Waals surface area (Å²) in [6.07, 6.45) is 0.377. The van der Waals surface area contributed by atoms with Gasteiger partial charge in [-0.15, -0.1) is 0 Å². The number of carbonyl (C=O) groups is 1. The van der Waals surface area contributed by atoms with E-state index in [1.54, 1.807) is 11.8 Å². The second-order valence-electron chi connectivity index (χ2n) is 5.59. The third kappa shape index (κ3) is 4.93. The number of fused-ring (bicyclic) bond motifs is 1. The van der Waals surface area contributed by atoms with Gasteiger partial charge in [0, 0.05) is 17.9 Å². The molecule has 0 fully saturated rings. The molecule has 1 heterocycles. The van der Waals surface area contributed by atoms with Crippen molar-refractivity contribution < 1.29 is 14.3 Å². The van der Waals surface area contributed by atoms with E-state index in [2.05, 4.69) is 17.4 Å². The summed E-state index contributed by atoms with van der Waals surface area (Å²) < 4.78 is 11.5. The normalized spacial score (nSPS) is 15.8. The zero-order valence-corrected chi connectivity index (χ0v) is 14.3. The maximum atomic E-state index is 11.9. The molecule has 126 valence electrons. The molecule has 0 aromatic heterocycles. The smallest absolute Gasteiger partial charge is 0.220 e. The third-order valence-corrected chi connectivity index (χ3v) is 4.71. The number of carbonyl (C=O) groups excluding carboxylic acids is 1. The Bertz CT molecular complexity index is 663. The molecule has 2 aromatic carbocycles. The number of rotatable bonds is 7. The van der Waals surface area contributed by atoms with Gasteiger partial charge in [-0.1, -0.05) is 42.5 Å². The number of hydrogen-bond acceptors (Lipinski definition) is 4. The molecule has 1 amide bonds. The van der Waals surface area contributed by atoms with Crippen LogP contribution in [-0.2, 0) is 10.5 Å². The molecule has 1 aliphatic rings. The van der Waals surface area contributed by atoms with Crippen molar-refractivity contribution in [3.05, 3.63) is 60.2 Å². The quantitative estimate of drug-likeness (QED) is 0.784. The van der Waals surface area contributed by atoms with E-state index in [4.69, 9.17) is 9.47 Å². The number of thioether (sulfide) groups is 1. The van der Waals surface area contributed by atoms with Gasteiger partial charge >= 0.3 is 0 Å². The SMILES string of the molecule is O=C(CCSCc1ccccc1)NC[C@@H]1COc2ccccc2O1. The van der Waals surface area contributed by atoms with Crippen molar-refractivity contribution in [2.24, 2.45) is 0 Å². The zero-order valence-electron chi connectivity index (χ0n) is 13.4. The van der Waals surface area contributed by atoms with E-state index in [9.17, 15) is 4.79 Å². The number of ether oxygens (including phenoxy) is 2. The van der Waals surface area contributed by atoms with E-state index in [1.807, 2.05) is 42.5 Å². The van der Waals surface area contributed by atoms with Gasteiger partial charge in [-0.3, -0.25) is 4.79 Å². The number of amides is 1. The lowest BCUT2D eigenvalue weighted by Gasteiger charge is -2.26. The van der Waals surface area contributed by atoms with Crippen molar-refractivity contribution in [1.29, 1.82) is 0 Å². The van der Waals surface area contributed by atoms with Gasteiger partial charge in [-0.25, -0.2) is 0 Å². The highest BCUT2D eigenvalue weighted by Crippen LogP contribution is 2.30. The maximum absolute atomic E-state index is 11.9. The summed E-state index contributed by atoms with van der Waals surface area (Å²) in [5.74, 6) is 3.30. The lowest BCUT2D eigenvalue weighted by atomic mass is 10.2. The van der Waals surface area contributed by atoms with Crippen LogP contribution >= 0.6 is 11.8 Å². The summed E-state index contributed by atoms with van der Waals surface area (Å²) in [7, 11) is 0. The largest absolute Gasteiger partial charge is 0.486 e. The molecule has 5 heteroatoms. The van der Waals surface area contributed by atoms with E-state index < -0.39 is 0 Å². The minimum atomic E-state index is -0.138. The van der Waals surface area contributed by atoms with E-state index in [0.29, 0.717) is 19.6 Å². The number of hydrogen-bond donors (Lipinski definition) is 1. The fraction of sp³-hybridized carbons (Fsp3) is 0.316. The first-order valence-corrected chi connectivity index (χ1v) is 9.23. The van der Waals surface area contributed by atoms with Crippen LogP contribution in [0, 0.1) is 0 Å². The second-order valence-corrected chi connectivity index (χ2v) is 6.70. The Labute approximate surface area is 146 Å².